The number of fused-ring (bicyclic) bond motifs is 1. The first-order valence-corrected chi connectivity index (χ1v) is 22.8. The number of allylic oxidation sites excluding steroid dienone is 2. The summed E-state index contributed by atoms with van der Waals surface area (Å²) in [6.45, 7) is 16.1. The summed E-state index contributed by atoms with van der Waals surface area (Å²) in [5, 5.41) is 61.7. The topological polar surface area (TPSA) is 270 Å². The van der Waals surface area contributed by atoms with Gasteiger partial charge in [0.25, 0.3) is 11.7 Å². The number of esters is 1. The minimum atomic E-state index is -2.02. The van der Waals surface area contributed by atoms with Gasteiger partial charge in [-0.1, -0.05) is 45.9 Å². The van der Waals surface area contributed by atoms with E-state index in [4.69, 9.17) is 28.9 Å². The van der Waals surface area contributed by atoms with E-state index in [1.807, 2.05) is 0 Å². The molecule has 3 aromatic rings. The number of aliphatic hydroxyl groups excluding tert-OH is 2. The summed E-state index contributed by atoms with van der Waals surface area (Å²) in [6, 6.07) is 0. The minimum Gasteiger partial charge on any atom is -0.507 e. The SMILES string of the molecule is COC1/C=C/OC2(C)Oc3c(C)c(O)c4c(O)c(c5c(c4c3C2=O)=NC2(CCN(CCn3c([N+](=O)[O-])cnc3C)CC2)N=5)NC(=O)/C(C)=C\C=C\C(C)C(O)C(C)C(O)C(C)C(OC(C)=O)C1C. The second-order valence-corrected chi connectivity index (χ2v) is 18.7. The number of Topliss-reactive ketones (excluding diaryl/α,β-unsaturated/α-hetero) is 1. The van der Waals surface area contributed by atoms with Crippen LogP contribution in [0.2, 0.25) is 0 Å². The van der Waals surface area contributed by atoms with Crippen molar-refractivity contribution in [2.75, 3.05) is 32.1 Å². The van der Waals surface area contributed by atoms with Crippen molar-refractivity contribution in [1.29, 1.82) is 0 Å². The molecule has 1 amide bonds. The lowest BCUT2D eigenvalue weighted by atomic mass is 9.78. The number of nitro groups is 1. The number of aromatic hydroxyl groups is 2. The fourth-order valence-corrected chi connectivity index (χ4v) is 9.84. The average Bonchev–Trinajstić information content (AvgIpc) is 3.95. The van der Waals surface area contributed by atoms with Crippen LogP contribution in [0.5, 0.6) is 17.2 Å². The zero-order valence-corrected chi connectivity index (χ0v) is 40.0. The Morgan fingerprint density at radius 1 is 0.971 bits per heavy atom. The van der Waals surface area contributed by atoms with E-state index in [0.717, 1.165) is 0 Å². The number of benzene rings is 2. The molecule has 1 spiro atoms. The Morgan fingerprint density at radius 2 is 1.65 bits per heavy atom. The number of hydrogen-bond donors (Lipinski definition) is 5. The van der Waals surface area contributed by atoms with Crippen molar-refractivity contribution in [3.63, 3.8) is 0 Å². The molecule has 366 valence electrons. The Balaban J connectivity index is 1.34. The first-order chi connectivity index (χ1) is 32.0. The fraction of sp³-hybridized carbons (Fsp3) is 0.542. The molecule has 1 saturated heterocycles. The maximum Gasteiger partial charge on any atom is 0.342 e. The molecule has 4 aliphatic rings. The molecule has 2 aromatic carbocycles. The van der Waals surface area contributed by atoms with Crippen LogP contribution < -0.4 is 20.8 Å². The number of ether oxygens (including phenoxy) is 4. The number of imidazole rings is 1. The summed E-state index contributed by atoms with van der Waals surface area (Å²) in [7, 11) is 1.45. The Labute approximate surface area is 392 Å². The summed E-state index contributed by atoms with van der Waals surface area (Å²) < 4.78 is 25.5. The van der Waals surface area contributed by atoms with E-state index in [0.29, 0.717) is 44.8 Å². The zero-order chi connectivity index (χ0) is 49.7. The summed E-state index contributed by atoms with van der Waals surface area (Å²) >= 11 is 0. The number of aromatic nitrogens is 2. The molecule has 20 heteroatoms. The van der Waals surface area contributed by atoms with Crippen LogP contribution >= 0.6 is 0 Å². The summed E-state index contributed by atoms with van der Waals surface area (Å²) in [5.74, 6) is -7.01. The third-order valence-corrected chi connectivity index (χ3v) is 14.1. The van der Waals surface area contributed by atoms with Gasteiger partial charge in [0.05, 0.1) is 40.9 Å². The van der Waals surface area contributed by atoms with E-state index < -0.39 is 93.6 Å². The number of aryl methyl sites for hydroxylation is 1. The van der Waals surface area contributed by atoms with Gasteiger partial charge in [0.15, 0.2) is 17.2 Å². The van der Waals surface area contributed by atoms with Crippen LogP contribution in [0.3, 0.4) is 0 Å². The van der Waals surface area contributed by atoms with Crippen molar-refractivity contribution < 1.29 is 58.7 Å². The van der Waals surface area contributed by atoms with Gasteiger partial charge in [-0.15, -0.1) is 0 Å². The average molecular weight is 944 g/mol. The maximum atomic E-state index is 14.8. The highest BCUT2D eigenvalue weighted by Crippen LogP contribution is 2.50. The minimum absolute atomic E-state index is 0.0137. The number of aliphatic hydroxyl groups is 2. The number of phenolic OH excluding ortho intramolecular Hbond substituents is 2. The Morgan fingerprint density at radius 3 is 2.29 bits per heavy atom. The highest BCUT2D eigenvalue weighted by molar-refractivity contribution is 6.19. The number of phenols is 2. The molecular formula is C48H61N7O13. The predicted molar refractivity (Wildman–Crippen MR) is 246 cm³/mol. The number of anilines is 1. The smallest absolute Gasteiger partial charge is 0.342 e. The number of nitrogens with zero attached hydrogens (tertiary/aromatic N) is 6. The number of hydrogen-bond acceptors (Lipinski definition) is 17. The van der Waals surface area contributed by atoms with Gasteiger partial charge in [-0.2, -0.15) is 0 Å². The lowest BCUT2D eigenvalue weighted by Crippen LogP contribution is -2.46. The molecule has 1 aromatic heterocycles. The zero-order valence-electron chi connectivity index (χ0n) is 40.0. The summed E-state index contributed by atoms with van der Waals surface area (Å²) in [5.41, 5.74) is -0.986. The third-order valence-electron chi connectivity index (χ3n) is 14.1. The quantitative estimate of drug-likeness (QED) is 0.100. The van der Waals surface area contributed by atoms with Crippen molar-refractivity contribution in [2.24, 2.45) is 33.7 Å². The van der Waals surface area contributed by atoms with Crippen molar-refractivity contribution in [3.8, 4) is 17.2 Å². The van der Waals surface area contributed by atoms with Crippen LogP contribution in [0.25, 0.3) is 10.8 Å². The molecule has 68 heavy (non-hydrogen) atoms. The molecule has 7 rings (SSSR count). The van der Waals surface area contributed by atoms with Gasteiger partial charge in [0.1, 0.15) is 41.4 Å². The number of carbonyl (C=O) groups excluding carboxylic acids is 3. The first-order valence-electron chi connectivity index (χ1n) is 22.8. The molecule has 9 atom stereocenters. The Hall–Kier alpha value is -6.22. The van der Waals surface area contributed by atoms with Crippen molar-refractivity contribution in [3.05, 3.63) is 80.1 Å². The van der Waals surface area contributed by atoms with Crippen LogP contribution in [0, 0.1) is 47.6 Å². The van der Waals surface area contributed by atoms with Crippen molar-refractivity contribution in [1.82, 2.24) is 14.5 Å². The number of amides is 1. The Bertz CT molecular complexity index is 2760. The first kappa shape index (κ1) is 49.7. The second kappa shape index (κ2) is 19.0. The van der Waals surface area contributed by atoms with Gasteiger partial charge < -0.3 is 54.8 Å². The molecule has 5 heterocycles. The van der Waals surface area contributed by atoms with E-state index >= 15 is 0 Å². The molecule has 9 unspecified atom stereocenters. The fourth-order valence-electron chi connectivity index (χ4n) is 9.84. The normalized spacial score (nSPS) is 30.4. The van der Waals surface area contributed by atoms with Gasteiger partial charge in [0, 0.05) is 101 Å². The van der Waals surface area contributed by atoms with E-state index in [9.17, 15) is 44.9 Å². The number of ketones is 1. The van der Waals surface area contributed by atoms with Gasteiger partial charge >= 0.3 is 17.6 Å². The van der Waals surface area contributed by atoms with E-state index in [-0.39, 0.29) is 55.4 Å². The number of methoxy groups -OCH3 is 1. The Kier molecular flexibility index (Phi) is 13.9. The van der Waals surface area contributed by atoms with Crippen LogP contribution in [0.1, 0.15) is 83.1 Å². The van der Waals surface area contributed by atoms with Crippen LogP contribution in [0.15, 0.2) is 52.3 Å². The van der Waals surface area contributed by atoms with Crippen LogP contribution in [0.4, 0.5) is 11.5 Å². The van der Waals surface area contributed by atoms with E-state index in [2.05, 4.69) is 15.2 Å². The van der Waals surface area contributed by atoms with Gasteiger partial charge in [0.2, 0.25) is 0 Å². The van der Waals surface area contributed by atoms with Crippen LogP contribution in [-0.4, -0.2) is 120 Å². The highest BCUT2D eigenvalue weighted by atomic mass is 16.7. The number of piperidine rings is 1. The van der Waals surface area contributed by atoms with Gasteiger partial charge in [-0.25, -0.2) is 9.55 Å². The van der Waals surface area contributed by atoms with E-state index in [1.165, 1.54) is 52.5 Å². The lowest BCUT2D eigenvalue weighted by Gasteiger charge is -2.38. The van der Waals surface area contributed by atoms with Crippen LogP contribution in [-0.2, 0) is 30.3 Å². The van der Waals surface area contributed by atoms with Crippen molar-refractivity contribution in [2.45, 2.75) is 118 Å². The molecule has 4 aliphatic heterocycles. The summed E-state index contributed by atoms with van der Waals surface area (Å²) in [4.78, 5) is 68.9. The second-order valence-electron chi connectivity index (χ2n) is 18.7. The molecule has 4 bridgehead atoms. The molecule has 0 saturated carbocycles. The highest BCUT2D eigenvalue weighted by Gasteiger charge is 2.50. The monoisotopic (exact) mass is 943 g/mol. The van der Waals surface area contributed by atoms with Gasteiger partial charge in [-0.05, 0) is 24.8 Å². The number of likely N-dealkylation sites (tertiary alicyclic amines) is 1. The number of carbonyl (C=O) groups is 3. The standard InChI is InChI=1S/C48H61N7O13/c1-23-12-11-13-24(2)46(62)50-38-37-36(51-48(52-37)15-17-53(18-16-48)19-20-54-29(7)49-22-32(54)55(63)64)33-34(42(38)60)41(59)28(6)44-35(33)45(61)47(9,68-44)66-21-14-31(65-10)25(3)43(67-30(8)56)27(5)40(58)26(4)39(23)57/h11-14,21-23,25-27,31,39-40,43,57-60H,15-20H2,1-10H3,(H,50,62)/b12-11+,21-14+,24-13-. The molecule has 0 radical (unpaired) electrons. The molecule has 0 aliphatic carbocycles. The van der Waals surface area contributed by atoms with E-state index in [1.54, 1.807) is 58.3 Å². The summed E-state index contributed by atoms with van der Waals surface area (Å²) in [6.07, 6.45) is 5.61. The molecule has 1 fully saturated rings. The number of nitrogens with one attached hydrogen (secondary N) is 1. The lowest BCUT2D eigenvalue weighted by molar-refractivity contribution is -0.392. The predicted octanol–water partition coefficient (Wildman–Crippen LogP) is 4.21. The van der Waals surface area contributed by atoms with Gasteiger partial charge in [-0.3, -0.25) is 29.3 Å². The molecular weight excluding hydrogens is 883 g/mol. The molecule has 20 nitrogen and oxygen atoms in total. The van der Waals surface area contributed by atoms with Crippen molar-refractivity contribution >= 4 is 39.9 Å². The largest absolute Gasteiger partial charge is 0.507 e. The third kappa shape index (κ3) is 8.97. The number of rotatable bonds is 6. The maximum absolute atomic E-state index is 14.8. The molecule has 5 N–H and O–H groups in total.